The van der Waals surface area contributed by atoms with Crippen LogP contribution in [-0.2, 0) is 4.79 Å². The number of hydrogen-bond acceptors (Lipinski definition) is 3. The van der Waals surface area contributed by atoms with Crippen LogP contribution in [0.2, 0.25) is 0 Å². The van der Waals surface area contributed by atoms with Crippen molar-refractivity contribution in [3.8, 4) is 0 Å². The Bertz CT molecular complexity index is 267. The van der Waals surface area contributed by atoms with Crippen molar-refractivity contribution in [2.45, 2.75) is 75.5 Å². The molecule has 4 heteroatoms. The van der Waals surface area contributed by atoms with Gasteiger partial charge in [-0.25, -0.2) is 0 Å². The molecule has 4 N–H and O–H groups in total. The molecule has 98 valence electrons. The smallest absolute Gasteiger partial charge is 0.222 e. The second kappa shape index (κ2) is 5.36. The van der Waals surface area contributed by atoms with Crippen LogP contribution in [-0.4, -0.2) is 28.7 Å². The Morgan fingerprint density at radius 3 is 2.41 bits per heavy atom. The molecule has 0 saturated heterocycles. The van der Waals surface area contributed by atoms with Gasteiger partial charge in [0.2, 0.25) is 5.91 Å². The van der Waals surface area contributed by atoms with Crippen molar-refractivity contribution >= 4 is 5.91 Å². The van der Waals surface area contributed by atoms with Crippen molar-refractivity contribution in [2.75, 3.05) is 0 Å². The number of aliphatic hydroxyl groups is 1. The van der Waals surface area contributed by atoms with Crippen molar-refractivity contribution < 1.29 is 9.90 Å². The van der Waals surface area contributed by atoms with Crippen molar-refractivity contribution in [1.82, 2.24) is 5.32 Å². The van der Waals surface area contributed by atoms with E-state index in [1.165, 1.54) is 0 Å². The third kappa shape index (κ3) is 3.68. The fourth-order valence-electron chi connectivity index (χ4n) is 3.07. The maximum absolute atomic E-state index is 11.9. The summed E-state index contributed by atoms with van der Waals surface area (Å²) in [5.41, 5.74) is 5.93. The van der Waals surface area contributed by atoms with E-state index in [0.717, 1.165) is 51.4 Å². The van der Waals surface area contributed by atoms with Crippen molar-refractivity contribution in [1.29, 1.82) is 0 Å². The summed E-state index contributed by atoms with van der Waals surface area (Å²) in [6.45, 7) is 0. The van der Waals surface area contributed by atoms with Crippen LogP contribution in [0, 0.1) is 0 Å². The number of rotatable bonds is 3. The number of carbonyl (C=O) groups is 1. The topological polar surface area (TPSA) is 75.4 Å². The predicted octanol–water partition coefficient (Wildman–Crippen LogP) is 1.07. The van der Waals surface area contributed by atoms with Gasteiger partial charge in [0, 0.05) is 18.0 Å². The van der Waals surface area contributed by atoms with Crippen LogP contribution in [0.15, 0.2) is 0 Å². The first-order valence-corrected chi connectivity index (χ1v) is 6.84. The summed E-state index contributed by atoms with van der Waals surface area (Å²) in [5, 5.41) is 12.5. The Kier molecular flexibility index (Phi) is 4.05. The molecule has 2 rings (SSSR count). The molecule has 0 aliphatic heterocycles. The fourth-order valence-corrected chi connectivity index (χ4v) is 3.07. The molecule has 0 unspecified atom stereocenters. The van der Waals surface area contributed by atoms with Gasteiger partial charge in [0.1, 0.15) is 0 Å². The van der Waals surface area contributed by atoms with Gasteiger partial charge in [0.25, 0.3) is 0 Å². The molecule has 4 nitrogen and oxygen atoms in total. The van der Waals surface area contributed by atoms with Crippen molar-refractivity contribution in [2.24, 2.45) is 5.73 Å². The van der Waals surface area contributed by atoms with E-state index in [4.69, 9.17) is 5.73 Å². The van der Waals surface area contributed by atoms with Crippen LogP contribution in [0.5, 0.6) is 0 Å². The minimum atomic E-state index is -0.252. The first kappa shape index (κ1) is 12.8. The third-order valence-electron chi connectivity index (χ3n) is 4.17. The van der Waals surface area contributed by atoms with Gasteiger partial charge in [0.15, 0.2) is 0 Å². The van der Waals surface area contributed by atoms with Gasteiger partial charge in [-0.05, 0) is 38.5 Å². The predicted molar refractivity (Wildman–Crippen MR) is 66.4 cm³/mol. The molecule has 2 aliphatic carbocycles. The van der Waals surface area contributed by atoms with Gasteiger partial charge >= 0.3 is 0 Å². The third-order valence-corrected chi connectivity index (χ3v) is 4.17. The second-order valence-corrected chi connectivity index (χ2v) is 5.82. The zero-order valence-electron chi connectivity index (χ0n) is 10.5. The maximum atomic E-state index is 11.9. The molecule has 17 heavy (non-hydrogen) atoms. The summed E-state index contributed by atoms with van der Waals surface area (Å²) < 4.78 is 0. The van der Waals surface area contributed by atoms with Gasteiger partial charge in [-0.2, -0.15) is 0 Å². The molecule has 2 aliphatic rings. The lowest BCUT2D eigenvalue weighted by atomic mass is 9.91. The Morgan fingerprint density at radius 2 is 1.82 bits per heavy atom. The van der Waals surface area contributed by atoms with Crippen LogP contribution in [0.1, 0.15) is 57.8 Å². The van der Waals surface area contributed by atoms with E-state index >= 15 is 0 Å². The van der Waals surface area contributed by atoms with Crippen LogP contribution < -0.4 is 11.1 Å². The van der Waals surface area contributed by atoms with Crippen molar-refractivity contribution in [3.05, 3.63) is 0 Å². The Balaban J connectivity index is 1.73. The molecular formula is C13H24N2O2. The molecule has 2 saturated carbocycles. The van der Waals surface area contributed by atoms with Crippen LogP contribution in [0.25, 0.3) is 0 Å². The van der Waals surface area contributed by atoms with Gasteiger partial charge in [0.05, 0.1) is 6.10 Å². The Hall–Kier alpha value is -0.610. The lowest BCUT2D eigenvalue weighted by Gasteiger charge is -2.28. The summed E-state index contributed by atoms with van der Waals surface area (Å²) in [4.78, 5) is 11.9. The molecule has 0 aromatic carbocycles. The van der Waals surface area contributed by atoms with Crippen LogP contribution >= 0.6 is 0 Å². The number of hydrogen-bond donors (Lipinski definition) is 3. The van der Waals surface area contributed by atoms with E-state index in [1.54, 1.807) is 0 Å². The van der Waals surface area contributed by atoms with Crippen LogP contribution in [0.3, 0.4) is 0 Å². The molecule has 0 spiro atoms. The van der Waals surface area contributed by atoms with Gasteiger partial charge < -0.3 is 16.2 Å². The van der Waals surface area contributed by atoms with E-state index in [-0.39, 0.29) is 23.6 Å². The first-order chi connectivity index (χ1) is 8.07. The largest absolute Gasteiger partial charge is 0.393 e. The van der Waals surface area contributed by atoms with E-state index in [2.05, 4.69) is 5.32 Å². The maximum Gasteiger partial charge on any atom is 0.222 e. The fraction of sp³-hybridized carbons (Fsp3) is 0.923. The molecule has 0 aromatic rings. The number of nitrogens with two attached hydrogens (primary N) is 1. The molecule has 0 bridgehead atoms. The molecule has 0 aromatic heterocycles. The van der Waals surface area contributed by atoms with Gasteiger partial charge in [-0.3, -0.25) is 4.79 Å². The highest BCUT2D eigenvalue weighted by molar-refractivity contribution is 5.77. The normalized spacial score (nSPS) is 32.4. The molecule has 2 fully saturated rings. The highest BCUT2D eigenvalue weighted by Gasteiger charge is 2.32. The highest BCUT2D eigenvalue weighted by atomic mass is 16.3. The standard InChI is InChI=1S/C13H24N2O2/c14-13(7-1-2-8-13)9-12(17)15-10-3-5-11(16)6-4-10/h10-11,16H,1-9,14H2,(H,15,17). The second-order valence-electron chi connectivity index (χ2n) is 5.82. The SMILES string of the molecule is NC1(CC(=O)NC2CCC(O)CC2)CCCC1. The summed E-state index contributed by atoms with van der Waals surface area (Å²) >= 11 is 0. The van der Waals surface area contributed by atoms with E-state index in [0.29, 0.717) is 6.42 Å². The Morgan fingerprint density at radius 1 is 1.24 bits per heavy atom. The lowest BCUT2D eigenvalue weighted by molar-refractivity contribution is -0.123. The molecule has 0 heterocycles. The van der Waals surface area contributed by atoms with Gasteiger partial charge in [-0.15, -0.1) is 0 Å². The minimum Gasteiger partial charge on any atom is -0.393 e. The molecular weight excluding hydrogens is 216 g/mol. The number of nitrogens with one attached hydrogen (secondary N) is 1. The highest BCUT2D eigenvalue weighted by Crippen LogP contribution is 2.30. The average Bonchev–Trinajstić information content (AvgIpc) is 2.68. The Labute approximate surface area is 103 Å². The lowest BCUT2D eigenvalue weighted by Crippen LogP contribution is -2.45. The number of amides is 1. The molecule has 1 amide bonds. The van der Waals surface area contributed by atoms with E-state index < -0.39 is 0 Å². The zero-order valence-corrected chi connectivity index (χ0v) is 10.5. The minimum absolute atomic E-state index is 0.0933. The van der Waals surface area contributed by atoms with Crippen LogP contribution in [0.4, 0.5) is 0 Å². The summed E-state index contributed by atoms with van der Waals surface area (Å²) in [5.74, 6) is 0.0933. The first-order valence-electron chi connectivity index (χ1n) is 6.84. The van der Waals surface area contributed by atoms with E-state index in [9.17, 15) is 9.90 Å². The van der Waals surface area contributed by atoms with Gasteiger partial charge in [-0.1, -0.05) is 12.8 Å². The molecule has 0 radical (unpaired) electrons. The summed E-state index contributed by atoms with van der Waals surface area (Å²) in [6, 6.07) is 0.246. The molecule has 0 atom stereocenters. The quantitative estimate of drug-likeness (QED) is 0.690. The number of carbonyl (C=O) groups excluding carboxylic acids is 1. The summed E-state index contributed by atoms with van der Waals surface area (Å²) in [7, 11) is 0. The average molecular weight is 240 g/mol. The monoisotopic (exact) mass is 240 g/mol. The number of aliphatic hydroxyl groups excluding tert-OH is 1. The van der Waals surface area contributed by atoms with E-state index in [1.807, 2.05) is 0 Å². The zero-order chi connectivity index (χ0) is 12.3. The summed E-state index contributed by atoms with van der Waals surface area (Å²) in [6.07, 6.45) is 7.95. The van der Waals surface area contributed by atoms with Crippen molar-refractivity contribution in [3.63, 3.8) is 0 Å².